The van der Waals surface area contributed by atoms with E-state index in [1.807, 2.05) is 19.1 Å². The Morgan fingerprint density at radius 2 is 1.87 bits per heavy atom. The molecule has 1 amide bonds. The molecule has 30 heavy (non-hydrogen) atoms. The van der Waals surface area contributed by atoms with Crippen molar-refractivity contribution >= 4 is 23.3 Å². The summed E-state index contributed by atoms with van der Waals surface area (Å²) in [5.41, 5.74) is 1.36. The van der Waals surface area contributed by atoms with Crippen molar-refractivity contribution in [3.63, 3.8) is 0 Å². The molecule has 3 rings (SSSR count). The number of nitrogens with zero attached hydrogens (tertiary/aromatic N) is 3. The summed E-state index contributed by atoms with van der Waals surface area (Å²) >= 11 is 0. The Hall–Kier alpha value is -3.20. The lowest BCUT2D eigenvalue weighted by atomic mass is 10.2. The van der Waals surface area contributed by atoms with Crippen molar-refractivity contribution in [1.82, 2.24) is 9.78 Å². The van der Waals surface area contributed by atoms with E-state index in [-0.39, 0.29) is 11.3 Å². The van der Waals surface area contributed by atoms with E-state index in [9.17, 15) is 14.4 Å². The minimum atomic E-state index is -1.02. The highest BCUT2D eigenvalue weighted by Gasteiger charge is 2.21. The maximum absolute atomic E-state index is 12.4. The SMILES string of the molecule is CCCn1nc(C(=O)OC(C)C(=O)Nc2ccc(N3CCOCC3)cc2)ccc1=O. The number of rotatable bonds is 7. The third-order valence-corrected chi connectivity index (χ3v) is 4.68. The molecule has 0 radical (unpaired) electrons. The Balaban J connectivity index is 1.57. The van der Waals surface area contributed by atoms with Crippen LogP contribution in [0.5, 0.6) is 0 Å². The van der Waals surface area contributed by atoms with Gasteiger partial charge in [0, 0.05) is 37.1 Å². The number of morpholine rings is 1. The highest BCUT2D eigenvalue weighted by Crippen LogP contribution is 2.19. The number of hydrogen-bond donors (Lipinski definition) is 1. The van der Waals surface area contributed by atoms with Crippen LogP contribution >= 0.6 is 0 Å². The third kappa shape index (κ3) is 5.44. The quantitative estimate of drug-likeness (QED) is 0.688. The van der Waals surface area contributed by atoms with Crippen molar-refractivity contribution in [2.24, 2.45) is 0 Å². The Morgan fingerprint density at radius 1 is 1.17 bits per heavy atom. The maximum Gasteiger partial charge on any atom is 0.359 e. The minimum absolute atomic E-state index is 0.0161. The number of hydrogen-bond acceptors (Lipinski definition) is 7. The molecule has 0 saturated carbocycles. The molecule has 9 nitrogen and oxygen atoms in total. The average Bonchev–Trinajstić information content (AvgIpc) is 2.76. The van der Waals surface area contributed by atoms with E-state index in [4.69, 9.17) is 9.47 Å². The first-order chi connectivity index (χ1) is 14.5. The van der Waals surface area contributed by atoms with Crippen molar-refractivity contribution in [2.75, 3.05) is 36.5 Å². The molecular weight excluding hydrogens is 388 g/mol. The topological polar surface area (TPSA) is 103 Å². The molecule has 160 valence electrons. The van der Waals surface area contributed by atoms with Gasteiger partial charge in [-0.2, -0.15) is 5.10 Å². The van der Waals surface area contributed by atoms with Gasteiger partial charge in [-0.1, -0.05) is 6.92 Å². The fourth-order valence-electron chi connectivity index (χ4n) is 3.03. The van der Waals surface area contributed by atoms with Gasteiger partial charge in [0.1, 0.15) is 0 Å². The van der Waals surface area contributed by atoms with E-state index in [1.165, 1.54) is 23.7 Å². The number of anilines is 2. The van der Waals surface area contributed by atoms with Gasteiger partial charge in [0.05, 0.1) is 13.2 Å². The van der Waals surface area contributed by atoms with Gasteiger partial charge < -0.3 is 19.7 Å². The number of aromatic nitrogens is 2. The van der Waals surface area contributed by atoms with E-state index >= 15 is 0 Å². The molecule has 1 fully saturated rings. The Kier molecular flexibility index (Phi) is 7.18. The molecule has 1 aliphatic rings. The predicted molar refractivity (Wildman–Crippen MR) is 112 cm³/mol. The molecule has 2 aromatic rings. The van der Waals surface area contributed by atoms with Crippen LogP contribution < -0.4 is 15.8 Å². The lowest BCUT2D eigenvalue weighted by Crippen LogP contribution is -2.36. The second-order valence-corrected chi connectivity index (χ2v) is 6.96. The van der Waals surface area contributed by atoms with Gasteiger partial charge in [-0.3, -0.25) is 9.59 Å². The molecule has 1 unspecified atom stereocenters. The van der Waals surface area contributed by atoms with Crippen LogP contribution in [0.1, 0.15) is 30.8 Å². The molecule has 1 aromatic heterocycles. The monoisotopic (exact) mass is 414 g/mol. The van der Waals surface area contributed by atoms with Crippen molar-refractivity contribution in [3.8, 4) is 0 Å². The summed E-state index contributed by atoms with van der Waals surface area (Å²) in [5, 5.41) is 6.73. The molecule has 0 aliphatic carbocycles. The van der Waals surface area contributed by atoms with Crippen LogP contribution in [0.4, 0.5) is 11.4 Å². The van der Waals surface area contributed by atoms with Crippen molar-refractivity contribution < 1.29 is 19.1 Å². The molecule has 9 heteroatoms. The second-order valence-electron chi connectivity index (χ2n) is 6.96. The van der Waals surface area contributed by atoms with E-state index < -0.39 is 18.0 Å². The number of amides is 1. The van der Waals surface area contributed by atoms with Crippen molar-refractivity contribution in [1.29, 1.82) is 0 Å². The van der Waals surface area contributed by atoms with Crippen molar-refractivity contribution in [3.05, 3.63) is 52.4 Å². The summed E-state index contributed by atoms with van der Waals surface area (Å²) in [4.78, 5) is 38.6. The number of carbonyl (C=O) groups excluding carboxylic acids is 2. The first-order valence-electron chi connectivity index (χ1n) is 10.0. The lowest BCUT2D eigenvalue weighted by Gasteiger charge is -2.28. The highest BCUT2D eigenvalue weighted by atomic mass is 16.5. The van der Waals surface area contributed by atoms with E-state index in [1.54, 1.807) is 12.1 Å². The zero-order valence-electron chi connectivity index (χ0n) is 17.2. The number of esters is 1. The van der Waals surface area contributed by atoms with Crippen molar-refractivity contribution in [2.45, 2.75) is 32.9 Å². The minimum Gasteiger partial charge on any atom is -0.448 e. The fraction of sp³-hybridized carbons (Fsp3) is 0.429. The number of ether oxygens (including phenoxy) is 2. The Labute approximate surface area is 174 Å². The Bertz CT molecular complexity index is 935. The molecule has 1 atom stereocenters. The summed E-state index contributed by atoms with van der Waals surface area (Å²) in [6, 6.07) is 10.0. The molecule has 1 aliphatic heterocycles. The molecular formula is C21H26N4O5. The van der Waals surface area contributed by atoms with Crippen LogP contribution in [0, 0.1) is 0 Å². The number of carbonyl (C=O) groups is 2. The first-order valence-corrected chi connectivity index (χ1v) is 10.0. The van der Waals surface area contributed by atoms with Crippen LogP contribution in [0.3, 0.4) is 0 Å². The van der Waals surface area contributed by atoms with E-state index in [0.717, 1.165) is 18.8 Å². The largest absolute Gasteiger partial charge is 0.448 e. The zero-order chi connectivity index (χ0) is 21.5. The summed E-state index contributed by atoms with van der Waals surface area (Å²) in [5.74, 6) is -1.21. The molecule has 1 saturated heterocycles. The first kappa shape index (κ1) is 21.5. The standard InChI is InChI=1S/C21H26N4O5/c1-3-10-25-19(26)9-8-18(23-25)21(28)30-15(2)20(27)22-16-4-6-17(7-5-16)24-11-13-29-14-12-24/h4-9,15H,3,10-14H2,1-2H3,(H,22,27). The van der Waals surface area contributed by atoms with Gasteiger partial charge in [0.25, 0.3) is 11.5 Å². The predicted octanol–water partition coefficient (Wildman–Crippen LogP) is 1.67. The van der Waals surface area contributed by atoms with E-state index in [2.05, 4.69) is 15.3 Å². The van der Waals surface area contributed by atoms with Gasteiger partial charge in [-0.15, -0.1) is 0 Å². The van der Waals surface area contributed by atoms with Gasteiger partial charge in [0.15, 0.2) is 11.8 Å². The smallest absolute Gasteiger partial charge is 0.359 e. The summed E-state index contributed by atoms with van der Waals surface area (Å²) in [6.45, 7) is 6.85. The molecule has 0 bridgehead atoms. The van der Waals surface area contributed by atoms with Crippen LogP contribution in [-0.4, -0.2) is 54.1 Å². The molecule has 2 heterocycles. The molecule has 1 N–H and O–H groups in total. The second kappa shape index (κ2) is 10.0. The van der Waals surface area contributed by atoms with Crippen LogP contribution in [0.25, 0.3) is 0 Å². The normalized spacial score (nSPS) is 14.8. The van der Waals surface area contributed by atoms with Crippen LogP contribution in [0.15, 0.2) is 41.2 Å². The van der Waals surface area contributed by atoms with Gasteiger partial charge in [-0.05, 0) is 43.7 Å². The number of nitrogens with one attached hydrogen (secondary N) is 1. The third-order valence-electron chi connectivity index (χ3n) is 4.68. The Morgan fingerprint density at radius 3 is 2.53 bits per heavy atom. The van der Waals surface area contributed by atoms with Crippen LogP contribution in [-0.2, 0) is 20.8 Å². The van der Waals surface area contributed by atoms with Crippen LogP contribution in [0.2, 0.25) is 0 Å². The molecule has 0 spiro atoms. The van der Waals surface area contributed by atoms with Gasteiger partial charge in [-0.25, -0.2) is 9.48 Å². The van der Waals surface area contributed by atoms with E-state index in [0.29, 0.717) is 31.9 Å². The highest BCUT2D eigenvalue weighted by molar-refractivity contribution is 5.96. The number of benzene rings is 1. The summed E-state index contributed by atoms with van der Waals surface area (Å²) in [6.07, 6.45) is -0.320. The fourth-order valence-corrected chi connectivity index (χ4v) is 3.03. The summed E-state index contributed by atoms with van der Waals surface area (Å²) < 4.78 is 11.8. The van der Waals surface area contributed by atoms with Gasteiger partial charge >= 0.3 is 5.97 Å². The summed E-state index contributed by atoms with van der Waals surface area (Å²) in [7, 11) is 0. The molecule has 1 aromatic carbocycles. The lowest BCUT2D eigenvalue weighted by molar-refractivity contribution is -0.123. The number of aryl methyl sites for hydroxylation is 1. The average molecular weight is 414 g/mol. The zero-order valence-corrected chi connectivity index (χ0v) is 17.2. The maximum atomic E-state index is 12.4. The van der Waals surface area contributed by atoms with Gasteiger partial charge in [0.2, 0.25) is 0 Å².